The average molecular weight is 295 g/mol. The van der Waals surface area contributed by atoms with Gasteiger partial charge in [0.15, 0.2) is 0 Å². The maximum atomic E-state index is 14.1. The highest BCUT2D eigenvalue weighted by Crippen LogP contribution is 2.26. The molecular formula is C15H22FN3O2. The number of aliphatic hydroxyl groups is 1. The van der Waals surface area contributed by atoms with Gasteiger partial charge in [-0.1, -0.05) is 0 Å². The first kappa shape index (κ1) is 15.6. The molecule has 0 aliphatic carbocycles. The Hall–Kier alpha value is -1.82. The summed E-state index contributed by atoms with van der Waals surface area (Å²) < 4.78 is 14.1. The molecule has 1 aliphatic heterocycles. The molecule has 1 heterocycles. The van der Waals surface area contributed by atoms with Gasteiger partial charge in [0.05, 0.1) is 12.3 Å². The van der Waals surface area contributed by atoms with Crippen molar-refractivity contribution in [3.05, 3.63) is 24.0 Å². The molecule has 0 atom stereocenters. The lowest BCUT2D eigenvalue weighted by atomic mass is 10.2. The Morgan fingerprint density at radius 3 is 2.71 bits per heavy atom. The first-order valence-electron chi connectivity index (χ1n) is 7.37. The standard InChI is InChI=1S/C15H22FN3O2/c1-2-18(9-10-20)15(21)17-12-5-6-14(13(16)11-12)19-7-3-4-8-19/h5-6,11,20H,2-4,7-10H2,1H3,(H,17,21). The Morgan fingerprint density at radius 2 is 2.14 bits per heavy atom. The second kappa shape index (κ2) is 7.26. The van der Waals surface area contributed by atoms with Crippen LogP contribution < -0.4 is 10.2 Å². The third-order valence-corrected chi connectivity index (χ3v) is 3.68. The Labute approximate surface area is 124 Å². The van der Waals surface area contributed by atoms with E-state index >= 15 is 0 Å². The molecule has 0 radical (unpaired) electrons. The first-order valence-corrected chi connectivity index (χ1v) is 7.37. The molecule has 2 rings (SSSR count). The van der Waals surface area contributed by atoms with Gasteiger partial charge in [-0.05, 0) is 38.0 Å². The zero-order chi connectivity index (χ0) is 15.2. The Balaban J connectivity index is 2.04. The number of hydrogen-bond acceptors (Lipinski definition) is 3. The number of anilines is 2. The Bertz CT molecular complexity index is 490. The van der Waals surface area contributed by atoms with Gasteiger partial charge in [0.25, 0.3) is 0 Å². The van der Waals surface area contributed by atoms with Crippen LogP contribution in [0.2, 0.25) is 0 Å². The minimum atomic E-state index is -0.333. The molecular weight excluding hydrogens is 273 g/mol. The van der Waals surface area contributed by atoms with E-state index in [0.717, 1.165) is 25.9 Å². The Morgan fingerprint density at radius 1 is 1.43 bits per heavy atom. The highest BCUT2D eigenvalue weighted by Gasteiger charge is 2.17. The van der Waals surface area contributed by atoms with Crippen molar-refractivity contribution in [1.82, 2.24) is 4.90 Å². The molecule has 0 bridgehead atoms. The van der Waals surface area contributed by atoms with E-state index in [1.54, 1.807) is 12.1 Å². The van der Waals surface area contributed by atoms with Crippen molar-refractivity contribution in [3.8, 4) is 0 Å². The van der Waals surface area contributed by atoms with E-state index in [4.69, 9.17) is 5.11 Å². The van der Waals surface area contributed by atoms with Crippen LogP contribution in [0.25, 0.3) is 0 Å². The van der Waals surface area contributed by atoms with E-state index in [1.165, 1.54) is 11.0 Å². The molecule has 1 saturated heterocycles. The van der Waals surface area contributed by atoms with Gasteiger partial charge in [-0.25, -0.2) is 9.18 Å². The smallest absolute Gasteiger partial charge is 0.321 e. The summed E-state index contributed by atoms with van der Waals surface area (Å²) in [6.45, 7) is 4.23. The number of carbonyl (C=O) groups excluding carboxylic acids is 1. The number of nitrogens with zero attached hydrogens (tertiary/aromatic N) is 2. The summed E-state index contributed by atoms with van der Waals surface area (Å²) >= 11 is 0. The molecule has 0 saturated carbocycles. The first-order chi connectivity index (χ1) is 10.2. The van der Waals surface area contributed by atoms with Crippen LogP contribution in [0.5, 0.6) is 0 Å². The van der Waals surface area contributed by atoms with Crippen LogP contribution in [0.15, 0.2) is 18.2 Å². The SMILES string of the molecule is CCN(CCO)C(=O)Nc1ccc(N2CCCC2)c(F)c1. The molecule has 0 spiro atoms. The summed E-state index contributed by atoms with van der Waals surface area (Å²) in [7, 11) is 0. The van der Waals surface area contributed by atoms with Crippen molar-refractivity contribution >= 4 is 17.4 Å². The predicted molar refractivity (Wildman–Crippen MR) is 81.2 cm³/mol. The molecule has 5 nitrogen and oxygen atoms in total. The lowest BCUT2D eigenvalue weighted by Crippen LogP contribution is -2.36. The van der Waals surface area contributed by atoms with Crippen LogP contribution in [-0.2, 0) is 0 Å². The van der Waals surface area contributed by atoms with Crippen LogP contribution >= 0.6 is 0 Å². The molecule has 6 heteroatoms. The van der Waals surface area contributed by atoms with Gasteiger partial charge in [0.2, 0.25) is 0 Å². The molecule has 116 valence electrons. The van der Waals surface area contributed by atoms with Crippen molar-refractivity contribution in [2.75, 3.05) is 43.0 Å². The third-order valence-electron chi connectivity index (χ3n) is 3.68. The number of rotatable bonds is 5. The topological polar surface area (TPSA) is 55.8 Å². The highest BCUT2D eigenvalue weighted by atomic mass is 19.1. The molecule has 2 amide bonds. The van der Waals surface area contributed by atoms with Crippen molar-refractivity contribution in [3.63, 3.8) is 0 Å². The van der Waals surface area contributed by atoms with E-state index in [9.17, 15) is 9.18 Å². The van der Waals surface area contributed by atoms with E-state index < -0.39 is 0 Å². The van der Waals surface area contributed by atoms with Crippen molar-refractivity contribution in [2.45, 2.75) is 19.8 Å². The van der Waals surface area contributed by atoms with Gasteiger partial charge < -0.3 is 20.2 Å². The van der Waals surface area contributed by atoms with Crippen LogP contribution in [-0.4, -0.2) is 48.8 Å². The lowest BCUT2D eigenvalue weighted by Gasteiger charge is -2.21. The van der Waals surface area contributed by atoms with Crippen molar-refractivity contribution in [2.24, 2.45) is 0 Å². The molecule has 0 aromatic heterocycles. The van der Waals surface area contributed by atoms with Gasteiger partial charge in [-0.15, -0.1) is 0 Å². The Kier molecular flexibility index (Phi) is 5.38. The molecule has 21 heavy (non-hydrogen) atoms. The number of hydrogen-bond donors (Lipinski definition) is 2. The summed E-state index contributed by atoms with van der Waals surface area (Å²) in [6, 6.07) is 4.43. The van der Waals surface area contributed by atoms with E-state index in [-0.39, 0.29) is 25.0 Å². The summed E-state index contributed by atoms with van der Waals surface area (Å²) in [5.41, 5.74) is 1.02. The van der Waals surface area contributed by atoms with Crippen molar-refractivity contribution < 1.29 is 14.3 Å². The average Bonchev–Trinajstić information content (AvgIpc) is 2.98. The molecule has 0 unspecified atom stereocenters. The van der Waals surface area contributed by atoms with Crippen LogP contribution in [0.3, 0.4) is 0 Å². The quantitative estimate of drug-likeness (QED) is 0.876. The number of urea groups is 1. The monoisotopic (exact) mass is 295 g/mol. The number of benzene rings is 1. The zero-order valence-corrected chi connectivity index (χ0v) is 12.3. The fraction of sp³-hybridized carbons (Fsp3) is 0.533. The summed E-state index contributed by atoms with van der Waals surface area (Å²) in [4.78, 5) is 15.4. The zero-order valence-electron chi connectivity index (χ0n) is 12.3. The molecule has 1 fully saturated rings. The predicted octanol–water partition coefficient (Wildman–Crippen LogP) is 2.27. The summed E-state index contributed by atoms with van der Waals surface area (Å²) in [5.74, 6) is -0.320. The second-order valence-corrected chi connectivity index (χ2v) is 5.09. The van der Waals surface area contributed by atoms with Crippen molar-refractivity contribution in [1.29, 1.82) is 0 Å². The minimum Gasteiger partial charge on any atom is -0.395 e. The van der Waals surface area contributed by atoms with Gasteiger partial charge >= 0.3 is 6.03 Å². The largest absolute Gasteiger partial charge is 0.395 e. The molecule has 1 aromatic rings. The second-order valence-electron chi connectivity index (χ2n) is 5.09. The fourth-order valence-corrected chi connectivity index (χ4v) is 2.53. The highest BCUT2D eigenvalue weighted by molar-refractivity contribution is 5.89. The maximum absolute atomic E-state index is 14.1. The number of carbonyl (C=O) groups is 1. The maximum Gasteiger partial charge on any atom is 0.321 e. The lowest BCUT2D eigenvalue weighted by molar-refractivity contribution is 0.192. The van der Waals surface area contributed by atoms with Gasteiger partial charge in [0.1, 0.15) is 5.82 Å². The van der Waals surface area contributed by atoms with Crippen LogP contribution in [0.4, 0.5) is 20.6 Å². The van der Waals surface area contributed by atoms with Gasteiger partial charge in [0, 0.05) is 31.9 Å². The van der Waals surface area contributed by atoms with E-state index in [0.29, 0.717) is 17.9 Å². The summed E-state index contributed by atoms with van der Waals surface area (Å²) in [6.07, 6.45) is 2.18. The normalized spacial score (nSPS) is 14.3. The fourth-order valence-electron chi connectivity index (χ4n) is 2.53. The van der Waals surface area contributed by atoms with Gasteiger partial charge in [-0.2, -0.15) is 0 Å². The molecule has 2 N–H and O–H groups in total. The van der Waals surface area contributed by atoms with Gasteiger partial charge in [-0.3, -0.25) is 0 Å². The summed E-state index contributed by atoms with van der Waals surface area (Å²) in [5, 5.41) is 11.6. The number of likely N-dealkylation sites (N-methyl/N-ethyl adjacent to an activating group) is 1. The number of amides is 2. The number of nitrogens with one attached hydrogen (secondary N) is 1. The number of aliphatic hydroxyl groups excluding tert-OH is 1. The molecule has 1 aromatic carbocycles. The van der Waals surface area contributed by atoms with Crippen LogP contribution in [0.1, 0.15) is 19.8 Å². The van der Waals surface area contributed by atoms with E-state index in [2.05, 4.69) is 5.32 Å². The van der Waals surface area contributed by atoms with E-state index in [1.807, 2.05) is 11.8 Å². The number of halogens is 1. The van der Waals surface area contributed by atoms with Crippen LogP contribution in [0, 0.1) is 5.82 Å². The molecule has 1 aliphatic rings. The third kappa shape index (κ3) is 3.85. The minimum absolute atomic E-state index is 0.0937.